The van der Waals surface area contributed by atoms with Gasteiger partial charge in [-0.25, -0.2) is 4.79 Å². The fraction of sp³-hybridized carbons (Fsp3) is 0.462. The van der Waals surface area contributed by atoms with E-state index in [1.807, 2.05) is 36.1 Å². The fourth-order valence-electron chi connectivity index (χ4n) is 4.56. The van der Waals surface area contributed by atoms with Crippen LogP contribution in [0.4, 0.5) is 10.5 Å². The van der Waals surface area contributed by atoms with Crippen molar-refractivity contribution in [2.24, 2.45) is 5.92 Å². The summed E-state index contributed by atoms with van der Waals surface area (Å²) < 4.78 is 5.86. The van der Waals surface area contributed by atoms with Gasteiger partial charge in [0, 0.05) is 30.1 Å². The van der Waals surface area contributed by atoms with Crippen LogP contribution in [0.25, 0.3) is 0 Å². The number of urea groups is 1. The van der Waals surface area contributed by atoms with Gasteiger partial charge in [-0.15, -0.1) is 0 Å². The molecule has 2 aliphatic rings. The second-order valence-corrected chi connectivity index (χ2v) is 9.57. The Morgan fingerprint density at radius 2 is 1.88 bits per heavy atom. The molecule has 0 saturated carbocycles. The lowest BCUT2D eigenvalue weighted by molar-refractivity contribution is -0.126. The number of ether oxygens (including phenoxy) is 1. The largest absolute Gasteiger partial charge is 0.487 e. The molecule has 2 atom stereocenters. The predicted octanol–water partition coefficient (Wildman–Crippen LogP) is 4.90. The lowest BCUT2D eigenvalue weighted by Gasteiger charge is -2.39. The number of aryl methyl sites for hydroxylation is 1. The van der Waals surface area contributed by atoms with Crippen molar-refractivity contribution in [3.8, 4) is 5.75 Å². The zero-order valence-electron chi connectivity index (χ0n) is 19.3. The molecule has 2 aromatic rings. The summed E-state index contributed by atoms with van der Waals surface area (Å²) in [7, 11) is 0. The smallest absolute Gasteiger partial charge is 0.324 e. The van der Waals surface area contributed by atoms with Crippen LogP contribution in [0.15, 0.2) is 48.5 Å². The number of rotatable bonds is 5. The summed E-state index contributed by atoms with van der Waals surface area (Å²) in [6.45, 7) is 5.62. The molecule has 0 spiro atoms. The molecule has 0 radical (unpaired) electrons. The van der Waals surface area contributed by atoms with E-state index in [0.717, 1.165) is 12.8 Å². The van der Waals surface area contributed by atoms with Gasteiger partial charge in [-0.1, -0.05) is 41.9 Å². The fourth-order valence-corrected chi connectivity index (χ4v) is 4.72. The Bertz CT molecular complexity index is 976. The van der Waals surface area contributed by atoms with Gasteiger partial charge in [0.05, 0.1) is 12.2 Å². The van der Waals surface area contributed by atoms with Gasteiger partial charge in [-0.2, -0.15) is 0 Å². The molecular weight excluding hydrogens is 438 g/mol. The highest BCUT2D eigenvalue weighted by Crippen LogP contribution is 2.36. The molecule has 2 heterocycles. The lowest BCUT2D eigenvalue weighted by Crippen LogP contribution is -2.52. The number of anilines is 1. The minimum Gasteiger partial charge on any atom is -0.487 e. The maximum Gasteiger partial charge on any atom is 0.324 e. The molecule has 176 valence electrons. The highest BCUT2D eigenvalue weighted by Gasteiger charge is 2.34. The van der Waals surface area contributed by atoms with Crippen molar-refractivity contribution in [2.45, 2.75) is 51.7 Å². The van der Waals surface area contributed by atoms with Crippen LogP contribution in [0, 0.1) is 5.92 Å². The second-order valence-electron chi connectivity index (χ2n) is 9.13. The van der Waals surface area contributed by atoms with E-state index in [0.29, 0.717) is 48.9 Å². The number of likely N-dealkylation sites (tertiary alicyclic amines) is 1. The summed E-state index contributed by atoms with van der Waals surface area (Å²) >= 11 is 6.17. The molecule has 4 rings (SSSR count). The molecule has 6 nitrogen and oxygen atoms in total. The van der Waals surface area contributed by atoms with Gasteiger partial charge in [0.2, 0.25) is 5.91 Å². The van der Waals surface area contributed by atoms with Crippen LogP contribution >= 0.6 is 11.6 Å². The summed E-state index contributed by atoms with van der Waals surface area (Å²) in [5.41, 5.74) is 1.99. The van der Waals surface area contributed by atoms with Gasteiger partial charge >= 0.3 is 6.03 Å². The maximum absolute atomic E-state index is 13.3. The molecule has 1 saturated heterocycles. The summed E-state index contributed by atoms with van der Waals surface area (Å²) in [5.74, 6) is 0.712. The Kier molecular flexibility index (Phi) is 7.43. The Labute approximate surface area is 200 Å². The molecule has 0 unspecified atom stereocenters. The molecule has 33 heavy (non-hydrogen) atoms. The van der Waals surface area contributed by atoms with Crippen LogP contribution in [0.5, 0.6) is 5.75 Å². The lowest BCUT2D eigenvalue weighted by atomic mass is 9.95. The van der Waals surface area contributed by atoms with Crippen molar-refractivity contribution >= 4 is 29.2 Å². The highest BCUT2D eigenvalue weighted by atomic mass is 35.5. The number of amides is 3. The standard InChI is InChI=1S/C26H32ClN3O3/c1-18(8-9-20-6-4-3-5-7-20)28-25(31)21-12-14-29(15-13-21)26(32)30-17-19(2)33-24-11-10-22(27)16-23(24)30/h3-7,10-11,16,18-19,21H,8-9,12-15,17H2,1-2H3,(H,28,31)/t18-,19-/m1/s1. The highest BCUT2D eigenvalue weighted by molar-refractivity contribution is 6.31. The number of carbonyl (C=O) groups is 2. The van der Waals surface area contributed by atoms with E-state index in [2.05, 4.69) is 24.4 Å². The molecular formula is C26H32ClN3O3. The molecule has 0 aliphatic carbocycles. The molecule has 1 N–H and O–H groups in total. The minimum atomic E-state index is -0.0942. The predicted molar refractivity (Wildman–Crippen MR) is 131 cm³/mol. The number of nitrogens with zero attached hydrogens (tertiary/aromatic N) is 2. The SMILES string of the molecule is C[C@H](CCc1ccccc1)NC(=O)C1CCN(C(=O)N2C[C@@H](C)Oc3ccc(Cl)cc32)CC1. The van der Waals surface area contributed by atoms with Crippen molar-refractivity contribution in [3.05, 3.63) is 59.1 Å². The zero-order chi connectivity index (χ0) is 23.4. The first-order valence-electron chi connectivity index (χ1n) is 11.8. The van der Waals surface area contributed by atoms with Crippen LogP contribution in [-0.2, 0) is 11.2 Å². The summed E-state index contributed by atoms with van der Waals surface area (Å²) in [6, 6.07) is 15.7. The number of benzene rings is 2. The van der Waals surface area contributed by atoms with E-state index < -0.39 is 0 Å². The number of fused-ring (bicyclic) bond motifs is 1. The monoisotopic (exact) mass is 469 g/mol. The Morgan fingerprint density at radius 1 is 1.15 bits per heavy atom. The normalized spacial score (nSPS) is 19.4. The van der Waals surface area contributed by atoms with Crippen molar-refractivity contribution in [3.63, 3.8) is 0 Å². The molecule has 0 aromatic heterocycles. The van der Waals surface area contributed by atoms with Gasteiger partial charge in [0.25, 0.3) is 0 Å². The third-order valence-corrected chi connectivity index (χ3v) is 6.68. The van der Waals surface area contributed by atoms with E-state index in [-0.39, 0.29) is 30.0 Å². The molecule has 3 amide bonds. The van der Waals surface area contributed by atoms with E-state index in [1.54, 1.807) is 17.0 Å². The van der Waals surface area contributed by atoms with Crippen molar-refractivity contribution in [2.75, 3.05) is 24.5 Å². The number of piperidine rings is 1. The molecule has 2 aromatic carbocycles. The first kappa shape index (κ1) is 23.4. The zero-order valence-corrected chi connectivity index (χ0v) is 20.1. The first-order chi connectivity index (χ1) is 15.9. The van der Waals surface area contributed by atoms with Crippen LogP contribution in [-0.4, -0.2) is 48.6 Å². The minimum absolute atomic E-state index is 0.0521. The van der Waals surface area contributed by atoms with Crippen LogP contribution < -0.4 is 15.0 Å². The second kappa shape index (κ2) is 10.5. The third kappa shape index (κ3) is 5.80. The molecule has 1 fully saturated rings. The van der Waals surface area contributed by atoms with Crippen molar-refractivity contribution < 1.29 is 14.3 Å². The van der Waals surface area contributed by atoms with Gasteiger partial charge in [-0.3, -0.25) is 9.69 Å². The van der Waals surface area contributed by atoms with Gasteiger partial charge in [0.15, 0.2) is 0 Å². The Hall–Kier alpha value is -2.73. The molecule has 7 heteroatoms. The van der Waals surface area contributed by atoms with Crippen molar-refractivity contribution in [1.29, 1.82) is 0 Å². The average molecular weight is 470 g/mol. The number of halogens is 1. The molecule has 2 aliphatic heterocycles. The quantitative estimate of drug-likeness (QED) is 0.677. The average Bonchev–Trinajstić information content (AvgIpc) is 2.83. The van der Waals surface area contributed by atoms with E-state index in [9.17, 15) is 9.59 Å². The van der Waals surface area contributed by atoms with E-state index in [1.165, 1.54) is 5.56 Å². The van der Waals surface area contributed by atoms with Gasteiger partial charge < -0.3 is 15.0 Å². The van der Waals surface area contributed by atoms with Crippen LogP contribution in [0.1, 0.15) is 38.7 Å². The first-order valence-corrected chi connectivity index (χ1v) is 12.2. The Balaban J connectivity index is 1.28. The Morgan fingerprint density at radius 3 is 2.61 bits per heavy atom. The number of hydrogen-bond acceptors (Lipinski definition) is 3. The molecule has 0 bridgehead atoms. The summed E-state index contributed by atoms with van der Waals surface area (Å²) in [6.07, 6.45) is 3.10. The van der Waals surface area contributed by atoms with E-state index in [4.69, 9.17) is 16.3 Å². The maximum atomic E-state index is 13.3. The van der Waals surface area contributed by atoms with Gasteiger partial charge in [0.1, 0.15) is 11.9 Å². The number of carbonyl (C=O) groups excluding carboxylic acids is 2. The number of nitrogens with one attached hydrogen (secondary N) is 1. The number of hydrogen-bond donors (Lipinski definition) is 1. The topological polar surface area (TPSA) is 61.9 Å². The van der Waals surface area contributed by atoms with Crippen LogP contribution in [0.3, 0.4) is 0 Å². The van der Waals surface area contributed by atoms with Crippen molar-refractivity contribution in [1.82, 2.24) is 10.2 Å². The third-order valence-electron chi connectivity index (χ3n) is 6.44. The van der Waals surface area contributed by atoms with Crippen LogP contribution in [0.2, 0.25) is 5.02 Å². The summed E-state index contributed by atoms with van der Waals surface area (Å²) in [4.78, 5) is 29.7. The van der Waals surface area contributed by atoms with E-state index >= 15 is 0 Å². The summed E-state index contributed by atoms with van der Waals surface area (Å²) in [5, 5.41) is 3.74. The van der Waals surface area contributed by atoms with Gasteiger partial charge in [-0.05, 0) is 63.3 Å².